The molecule has 0 saturated carbocycles. The highest BCUT2D eigenvalue weighted by atomic mass is 16.1. The van der Waals surface area contributed by atoms with Gasteiger partial charge in [-0.05, 0) is 52.6 Å². The number of hydrogen-bond acceptors (Lipinski definition) is 4. The number of para-hydroxylation sites is 2. The van der Waals surface area contributed by atoms with Crippen LogP contribution >= 0.6 is 0 Å². The predicted octanol–water partition coefficient (Wildman–Crippen LogP) is 6.19. The second kappa shape index (κ2) is 6.96. The summed E-state index contributed by atoms with van der Waals surface area (Å²) in [6.07, 6.45) is 7.27. The molecule has 2 aliphatic rings. The Labute approximate surface area is 197 Å². The number of anilines is 3. The number of fused-ring (bicyclic) bond motifs is 8. The molecule has 4 nitrogen and oxygen atoms in total. The van der Waals surface area contributed by atoms with Gasteiger partial charge in [0.2, 0.25) is 0 Å². The normalized spacial score (nSPS) is 17.5. The Hall–Kier alpha value is -4.57. The Bertz CT molecular complexity index is 1490. The minimum absolute atomic E-state index is 0.0166. The summed E-state index contributed by atoms with van der Waals surface area (Å²) in [4.78, 5) is 24.7. The van der Waals surface area contributed by atoms with E-state index < -0.39 is 5.41 Å². The molecule has 0 radical (unpaired) electrons. The lowest BCUT2D eigenvalue weighted by Gasteiger charge is -2.48. The molecule has 3 heterocycles. The molecule has 0 saturated heterocycles. The van der Waals surface area contributed by atoms with Crippen LogP contribution in [-0.2, 0) is 5.41 Å². The molecule has 5 aromatic rings. The van der Waals surface area contributed by atoms with Crippen molar-refractivity contribution in [2.45, 2.75) is 5.41 Å². The first-order valence-corrected chi connectivity index (χ1v) is 11.3. The number of hydrogen-bond donors (Lipinski definition) is 0. The fourth-order valence-corrected chi connectivity index (χ4v) is 5.78. The van der Waals surface area contributed by atoms with Gasteiger partial charge in [-0.3, -0.25) is 14.8 Å². The van der Waals surface area contributed by atoms with Gasteiger partial charge in [-0.1, -0.05) is 60.7 Å². The van der Waals surface area contributed by atoms with Crippen LogP contribution in [0.2, 0.25) is 0 Å². The molecule has 1 unspecified atom stereocenters. The summed E-state index contributed by atoms with van der Waals surface area (Å²) in [5.41, 5.74) is 8.01. The molecule has 3 aromatic carbocycles. The lowest BCUT2D eigenvalue weighted by Crippen LogP contribution is -2.42. The van der Waals surface area contributed by atoms with Crippen molar-refractivity contribution in [1.29, 1.82) is 0 Å². The predicted molar refractivity (Wildman–Crippen MR) is 132 cm³/mol. The summed E-state index contributed by atoms with van der Waals surface area (Å²) in [6.45, 7) is 0. The number of nitrogens with zero attached hydrogens (tertiary/aromatic N) is 3. The number of carbonyl (C=O) groups excluding carboxylic acids is 1. The first kappa shape index (κ1) is 18.9. The van der Waals surface area contributed by atoms with Crippen LogP contribution in [0.4, 0.5) is 17.1 Å². The minimum atomic E-state index is -0.664. The summed E-state index contributed by atoms with van der Waals surface area (Å²) < 4.78 is 0. The van der Waals surface area contributed by atoms with Crippen molar-refractivity contribution in [2.75, 3.05) is 4.90 Å². The SMILES string of the molecule is O=C1c2ccccc2C2(c3ccncc31)c1ccccc1N(c1ccccc1)c1cnccc12. The van der Waals surface area contributed by atoms with Crippen LogP contribution < -0.4 is 4.90 Å². The highest BCUT2D eigenvalue weighted by molar-refractivity contribution is 6.14. The summed E-state index contributed by atoms with van der Waals surface area (Å²) in [6, 6.07) is 30.9. The van der Waals surface area contributed by atoms with Crippen molar-refractivity contribution >= 4 is 22.8 Å². The third-order valence-electron chi connectivity index (χ3n) is 7.05. The van der Waals surface area contributed by atoms with Crippen LogP contribution in [0.1, 0.15) is 38.2 Å². The number of benzene rings is 3. The van der Waals surface area contributed by atoms with Crippen molar-refractivity contribution in [1.82, 2.24) is 9.97 Å². The standard InChI is InChI=1S/C30H19N3O/c34-29-21-10-4-5-11-23(21)30(24-14-16-31-18-22(24)29)25-12-6-7-13-27(25)33(20-8-2-1-3-9-20)28-19-32-17-15-26(28)30/h1-19H. The Balaban J connectivity index is 1.69. The van der Waals surface area contributed by atoms with E-state index in [0.29, 0.717) is 11.1 Å². The van der Waals surface area contributed by atoms with E-state index in [1.807, 2.05) is 54.9 Å². The van der Waals surface area contributed by atoms with Gasteiger partial charge < -0.3 is 4.90 Å². The first-order chi connectivity index (χ1) is 16.8. The van der Waals surface area contributed by atoms with Gasteiger partial charge in [-0.25, -0.2) is 0 Å². The molecule has 2 aromatic heterocycles. The zero-order chi connectivity index (χ0) is 22.7. The Morgan fingerprint density at radius 1 is 0.559 bits per heavy atom. The van der Waals surface area contributed by atoms with Crippen LogP contribution in [0.15, 0.2) is 116 Å². The molecule has 4 heteroatoms. The molecule has 1 atom stereocenters. The average molecular weight is 438 g/mol. The monoisotopic (exact) mass is 437 g/mol. The zero-order valence-corrected chi connectivity index (χ0v) is 18.2. The van der Waals surface area contributed by atoms with Crippen LogP contribution in [0.3, 0.4) is 0 Å². The van der Waals surface area contributed by atoms with E-state index in [9.17, 15) is 4.79 Å². The minimum Gasteiger partial charge on any atom is -0.308 e. The smallest absolute Gasteiger partial charge is 0.195 e. The summed E-state index contributed by atoms with van der Waals surface area (Å²) >= 11 is 0. The molecule has 0 bridgehead atoms. The van der Waals surface area contributed by atoms with Crippen molar-refractivity contribution in [3.8, 4) is 0 Å². The first-order valence-electron chi connectivity index (χ1n) is 11.3. The fourth-order valence-electron chi connectivity index (χ4n) is 5.78. The molecule has 1 spiro atoms. The van der Waals surface area contributed by atoms with E-state index >= 15 is 0 Å². The fraction of sp³-hybridized carbons (Fsp3) is 0.0333. The zero-order valence-electron chi connectivity index (χ0n) is 18.2. The van der Waals surface area contributed by atoms with Gasteiger partial charge in [0, 0.05) is 35.4 Å². The largest absolute Gasteiger partial charge is 0.308 e. The van der Waals surface area contributed by atoms with E-state index in [-0.39, 0.29) is 5.78 Å². The lowest BCUT2D eigenvalue weighted by atomic mass is 9.58. The number of rotatable bonds is 1. The average Bonchev–Trinajstić information content (AvgIpc) is 2.91. The van der Waals surface area contributed by atoms with Crippen LogP contribution in [0.5, 0.6) is 0 Å². The maximum absolute atomic E-state index is 13.6. The van der Waals surface area contributed by atoms with Gasteiger partial charge in [0.25, 0.3) is 0 Å². The molecule has 160 valence electrons. The molecule has 0 fully saturated rings. The van der Waals surface area contributed by atoms with Gasteiger partial charge in [-0.2, -0.15) is 0 Å². The van der Waals surface area contributed by atoms with Crippen molar-refractivity contribution < 1.29 is 4.79 Å². The number of carbonyl (C=O) groups is 1. The maximum atomic E-state index is 13.6. The van der Waals surface area contributed by atoms with E-state index in [0.717, 1.165) is 39.3 Å². The Morgan fingerprint density at radius 2 is 1.18 bits per heavy atom. The number of aromatic nitrogens is 2. The van der Waals surface area contributed by atoms with Crippen LogP contribution in [-0.4, -0.2) is 15.8 Å². The molecular weight excluding hydrogens is 418 g/mol. The summed E-state index contributed by atoms with van der Waals surface area (Å²) in [5.74, 6) is 0.0166. The molecular formula is C30H19N3O. The molecule has 1 aliphatic heterocycles. The third-order valence-corrected chi connectivity index (χ3v) is 7.05. The highest BCUT2D eigenvalue weighted by Gasteiger charge is 2.51. The molecule has 0 amide bonds. The molecule has 7 rings (SSSR count). The van der Waals surface area contributed by atoms with Gasteiger partial charge in [0.05, 0.1) is 23.0 Å². The summed E-state index contributed by atoms with van der Waals surface area (Å²) in [7, 11) is 0. The lowest BCUT2D eigenvalue weighted by molar-refractivity contribution is 0.103. The van der Waals surface area contributed by atoms with Gasteiger partial charge in [0.1, 0.15) is 0 Å². The van der Waals surface area contributed by atoms with Gasteiger partial charge in [0.15, 0.2) is 5.78 Å². The highest BCUT2D eigenvalue weighted by Crippen LogP contribution is 2.59. The van der Waals surface area contributed by atoms with E-state index in [2.05, 4.69) is 63.4 Å². The number of ketones is 1. The van der Waals surface area contributed by atoms with Crippen molar-refractivity contribution in [2.24, 2.45) is 0 Å². The third kappa shape index (κ3) is 2.29. The molecule has 34 heavy (non-hydrogen) atoms. The van der Waals surface area contributed by atoms with Gasteiger partial charge >= 0.3 is 0 Å². The number of pyridine rings is 2. The van der Waals surface area contributed by atoms with Crippen molar-refractivity contribution in [3.05, 3.63) is 149 Å². The van der Waals surface area contributed by atoms with Crippen LogP contribution in [0.25, 0.3) is 0 Å². The Kier molecular flexibility index (Phi) is 3.88. The quantitative estimate of drug-likeness (QED) is 0.307. The maximum Gasteiger partial charge on any atom is 0.195 e. The second-order valence-corrected chi connectivity index (χ2v) is 8.63. The topological polar surface area (TPSA) is 46.1 Å². The summed E-state index contributed by atoms with van der Waals surface area (Å²) in [5, 5.41) is 0. The van der Waals surface area contributed by atoms with Crippen molar-refractivity contribution in [3.63, 3.8) is 0 Å². The Morgan fingerprint density at radius 3 is 2.03 bits per heavy atom. The van der Waals surface area contributed by atoms with E-state index in [1.165, 1.54) is 0 Å². The van der Waals surface area contributed by atoms with Crippen LogP contribution in [0, 0.1) is 0 Å². The molecule has 0 N–H and O–H groups in total. The van der Waals surface area contributed by atoms with Gasteiger partial charge in [-0.15, -0.1) is 0 Å². The molecule has 1 aliphatic carbocycles. The van der Waals surface area contributed by atoms with E-state index in [1.54, 1.807) is 12.4 Å². The second-order valence-electron chi connectivity index (χ2n) is 8.63. The van der Waals surface area contributed by atoms with E-state index in [4.69, 9.17) is 0 Å².